The van der Waals surface area contributed by atoms with Crippen molar-refractivity contribution in [3.63, 3.8) is 0 Å². The first-order valence-electron chi connectivity index (χ1n) is 6.26. The molecular formula is C15H17N3S2. The standard InChI is InChI=1S/C15H17N3S2/c1-11-6-4-7-12(2)14(11)17-15(19)18(3)16-10-13-8-5-9-20-13/h4-10H,1-3H3,(H,17,19)/b16-10+. The summed E-state index contributed by atoms with van der Waals surface area (Å²) >= 11 is 7.02. The molecule has 1 heterocycles. The molecule has 0 saturated carbocycles. The molecule has 1 aromatic heterocycles. The molecule has 0 spiro atoms. The highest BCUT2D eigenvalue weighted by molar-refractivity contribution is 7.80. The summed E-state index contributed by atoms with van der Waals surface area (Å²) in [4.78, 5) is 1.10. The number of benzene rings is 1. The molecule has 104 valence electrons. The Labute approximate surface area is 128 Å². The molecule has 0 amide bonds. The van der Waals surface area contributed by atoms with Gasteiger partial charge in [-0.2, -0.15) is 5.10 Å². The predicted octanol–water partition coefficient (Wildman–Crippen LogP) is 4.03. The lowest BCUT2D eigenvalue weighted by Gasteiger charge is -2.18. The first-order valence-corrected chi connectivity index (χ1v) is 7.55. The van der Waals surface area contributed by atoms with Crippen LogP contribution >= 0.6 is 23.6 Å². The van der Waals surface area contributed by atoms with Crippen molar-refractivity contribution in [2.75, 3.05) is 12.4 Å². The highest BCUT2D eigenvalue weighted by Crippen LogP contribution is 2.19. The van der Waals surface area contributed by atoms with Gasteiger partial charge < -0.3 is 5.32 Å². The fourth-order valence-electron chi connectivity index (χ4n) is 1.76. The number of nitrogens with zero attached hydrogens (tertiary/aromatic N) is 2. The molecule has 0 saturated heterocycles. The van der Waals surface area contributed by atoms with Crippen molar-refractivity contribution < 1.29 is 0 Å². The van der Waals surface area contributed by atoms with E-state index in [-0.39, 0.29) is 0 Å². The summed E-state index contributed by atoms with van der Waals surface area (Å²) in [6.45, 7) is 4.12. The molecule has 0 atom stereocenters. The molecule has 0 radical (unpaired) electrons. The van der Waals surface area contributed by atoms with Crippen LogP contribution in [0.25, 0.3) is 0 Å². The molecule has 0 bridgehead atoms. The summed E-state index contributed by atoms with van der Waals surface area (Å²) in [6, 6.07) is 10.2. The Morgan fingerprint density at radius 1 is 1.25 bits per heavy atom. The fourth-order valence-corrected chi connectivity index (χ4v) is 2.49. The summed E-state index contributed by atoms with van der Waals surface area (Å²) in [5, 5.41) is 11.9. The third-order valence-electron chi connectivity index (χ3n) is 2.91. The molecule has 5 heteroatoms. The number of anilines is 1. The van der Waals surface area contributed by atoms with E-state index in [1.807, 2.05) is 36.8 Å². The monoisotopic (exact) mass is 303 g/mol. The molecular weight excluding hydrogens is 286 g/mol. The van der Waals surface area contributed by atoms with Crippen LogP contribution in [0.4, 0.5) is 5.69 Å². The number of hydrogen-bond donors (Lipinski definition) is 1. The number of rotatable bonds is 3. The van der Waals surface area contributed by atoms with Crippen molar-refractivity contribution in [1.29, 1.82) is 0 Å². The molecule has 1 N–H and O–H groups in total. The highest BCUT2D eigenvalue weighted by atomic mass is 32.1. The largest absolute Gasteiger partial charge is 0.331 e. The summed E-state index contributed by atoms with van der Waals surface area (Å²) in [6.07, 6.45) is 1.81. The smallest absolute Gasteiger partial charge is 0.193 e. The van der Waals surface area contributed by atoms with E-state index in [1.54, 1.807) is 16.3 Å². The van der Waals surface area contributed by atoms with Crippen LogP contribution in [-0.4, -0.2) is 23.4 Å². The zero-order chi connectivity index (χ0) is 14.5. The van der Waals surface area contributed by atoms with Crippen LogP contribution in [0, 0.1) is 13.8 Å². The van der Waals surface area contributed by atoms with E-state index in [4.69, 9.17) is 12.2 Å². The number of nitrogens with one attached hydrogen (secondary N) is 1. The Balaban J connectivity index is 2.04. The van der Waals surface area contributed by atoms with Gasteiger partial charge in [-0.05, 0) is 48.6 Å². The molecule has 2 aromatic rings. The zero-order valence-corrected chi connectivity index (χ0v) is 13.4. The van der Waals surface area contributed by atoms with Gasteiger partial charge >= 0.3 is 0 Å². The maximum Gasteiger partial charge on any atom is 0.193 e. The summed E-state index contributed by atoms with van der Waals surface area (Å²) in [7, 11) is 1.84. The lowest BCUT2D eigenvalue weighted by molar-refractivity contribution is 0.557. The molecule has 0 aliphatic rings. The number of aryl methyl sites for hydroxylation is 2. The quantitative estimate of drug-likeness (QED) is 0.527. The molecule has 1 aromatic carbocycles. The second-order valence-electron chi connectivity index (χ2n) is 4.48. The second-order valence-corrected chi connectivity index (χ2v) is 5.85. The summed E-state index contributed by atoms with van der Waals surface area (Å²) in [5.74, 6) is 0. The van der Waals surface area contributed by atoms with Crippen LogP contribution in [0.2, 0.25) is 0 Å². The van der Waals surface area contributed by atoms with Gasteiger partial charge in [0.1, 0.15) is 0 Å². The Kier molecular flexibility index (Phi) is 4.87. The van der Waals surface area contributed by atoms with E-state index in [2.05, 4.69) is 36.4 Å². The van der Waals surface area contributed by atoms with Gasteiger partial charge in [-0.1, -0.05) is 24.3 Å². The van der Waals surface area contributed by atoms with Crippen molar-refractivity contribution >= 4 is 40.6 Å². The lowest BCUT2D eigenvalue weighted by atomic mass is 10.1. The number of hydrazone groups is 1. The molecule has 20 heavy (non-hydrogen) atoms. The van der Waals surface area contributed by atoms with Gasteiger partial charge in [0.25, 0.3) is 0 Å². The van der Waals surface area contributed by atoms with E-state index < -0.39 is 0 Å². The Morgan fingerprint density at radius 3 is 2.55 bits per heavy atom. The van der Waals surface area contributed by atoms with E-state index in [9.17, 15) is 0 Å². The highest BCUT2D eigenvalue weighted by Gasteiger charge is 2.07. The lowest BCUT2D eigenvalue weighted by Crippen LogP contribution is -2.27. The molecule has 0 aliphatic carbocycles. The molecule has 2 rings (SSSR count). The summed E-state index contributed by atoms with van der Waals surface area (Å²) < 4.78 is 0. The van der Waals surface area contributed by atoms with Crippen LogP contribution in [-0.2, 0) is 0 Å². The molecule has 0 unspecified atom stereocenters. The number of hydrogen-bond acceptors (Lipinski definition) is 3. The van der Waals surface area contributed by atoms with Crippen LogP contribution in [0.1, 0.15) is 16.0 Å². The fraction of sp³-hybridized carbons (Fsp3) is 0.200. The molecule has 0 aliphatic heterocycles. The Morgan fingerprint density at radius 2 is 1.95 bits per heavy atom. The van der Waals surface area contributed by atoms with Gasteiger partial charge in [-0.25, -0.2) is 5.01 Å². The van der Waals surface area contributed by atoms with Crippen LogP contribution < -0.4 is 5.32 Å². The van der Waals surface area contributed by atoms with Crippen molar-refractivity contribution in [2.24, 2.45) is 5.10 Å². The van der Waals surface area contributed by atoms with E-state index in [1.165, 1.54) is 11.1 Å². The minimum atomic E-state index is 0.579. The van der Waals surface area contributed by atoms with Crippen molar-refractivity contribution in [2.45, 2.75) is 13.8 Å². The maximum absolute atomic E-state index is 5.38. The Bertz CT molecular complexity index is 598. The van der Waals surface area contributed by atoms with Crippen molar-refractivity contribution in [1.82, 2.24) is 5.01 Å². The van der Waals surface area contributed by atoms with Crippen molar-refractivity contribution in [3.8, 4) is 0 Å². The minimum Gasteiger partial charge on any atom is -0.331 e. The van der Waals surface area contributed by atoms with E-state index >= 15 is 0 Å². The first-order chi connectivity index (χ1) is 9.58. The van der Waals surface area contributed by atoms with Gasteiger partial charge in [0.2, 0.25) is 0 Å². The normalized spacial score (nSPS) is 10.8. The van der Waals surface area contributed by atoms with Crippen molar-refractivity contribution in [3.05, 3.63) is 51.7 Å². The van der Waals surface area contributed by atoms with Gasteiger partial charge in [-0.15, -0.1) is 11.3 Å². The minimum absolute atomic E-state index is 0.579. The predicted molar refractivity (Wildman–Crippen MR) is 91.8 cm³/mol. The van der Waals surface area contributed by atoms with E-state index in [0.29, 0.717) is 5.11 Å². The van der Waals surface area contributed by atoms with Gasteiger partial charge in [-0.3, -0.25) is 0 Å². The van der Waals surface area contributed by atoms with Crippen LogP contribution in [0.3, 0.4) is 0 Å². The van der Waals surface area contributed by atoms with E-state index in [0.717, 1.165) is 10.6 Å². The maximum atomic E-state index is 5.38. The first kappa shape index (κ1) is 14.7. The zero-order valence-electron chi connectivity index (χ0n) is 11.8. The third kappa shape index (κ3) is 3.65. The number of thiophene rings is 1. The average Bonchev–Trinajstić information content (AvgIpc) is 2.93. The topological polar surface area (TPSA) is 27.6 Å². The number of para-hydroxylation sites is 1. The second kappa shape index (κ2) is 6.63. The molecule has 0 fully saturated rings. The number of thiocarbonyl (C=S) groups is 1. The SMILES string of the molecule is Cc1cccc(C)c1NC(=S)N(C)/N=C/c1cccs1. The molecule has 3 nitrogen and oxygen atoms in total. The summed E-state index contributed by atoms with van der Waals surface area (Å²) in [5.41, 5.74) is 3.39. The van der Waals surface area contributed by atoms with Gasteiger partial charge in [0, 0.05) is 17.6 Å². The van der Waals surface area contributed by atoms with Gasteiger partial charge in [0.15, 0.2) is 5.11 Å². The Hall–Kier alpha value is -1.72. The van der Waals surface area contributed by atoms with Crippen LogP contribution in [0.5, 0.6) is 0 Å². The average molecular weight is 303 g/mol. The van der Waals surface area contributed by atoms with Gasteiger partial charge in [0.05, 0.1) is 6.21 Å². The van der Waals surface area contributed by atoms with Crippen LogP contribution in [0.15, 0.2) is 40.8 Å². The third-order valence-corrected chi connectivity index (χ3v) is 4.08.